The number of alkyl halides is 1. The summed E-state index contributed by atoms with van der Waals surface area (Å²) in [6.07, 6.45) is -0.918. The summed E-state index contributed by atoms with van der Waals surface area (Å²) in [6.45, 7) is 6.95. The molecule has 1 aromatic rings. The van der Waals surface area contributed by atoms with Crippen molar-refractivity contribution in [2.75, 3.05) is 18.4 Å². The number of likely N-dealkylation sites (tertiary alicyclic amines) is 1. The van der Waals surface area contributed by atoms with Crippen molar-refractivity contribution in [1.82, 2.24) is 9.88 Å². The minimum absolute atomic E-state index is 0.0408. The monoisotopic (exact) mass is 458 g/mol. The van der Waals surface area contributed by atoms with Crippen LogP contribution in [0.3, 0.4) is 0 Å². The number of hydrogen-bond acceptors (Lipinski definition) is 5. The number of aromatic nitrogens is 1. The van der Waals surface area contributed by atoms with E-state index >= 15 is 4.39 Å². The van der Waals surface area contributed by atoms with E-state index in [1.807, 2.05) is 0 Å². The van der Waals surface area contributed by atoms with E-state index in [0.717, 1.165) is 0 Å². The van der Waals surface area contributed by atoms with E-state index in [-0.39, 0.29) is 37.3 Å². The second-order valence-corrected chi connectivity index (χ2v) is 8.55. The topological polar surface area (TPSA) is 115 Å². The zero-order valence-corrected chi connectivity index (χ0v) is 17.9. The van der Waals surface area contributed by atoms with Gasteiger partial charge in [-0.1, -0.05) is 0 Å². The molecule has 1 fully saturated rings. The van der Waals surface area contributed by atoms with Crippen LogP contribution in [0, 0.1) is 6.92 Å². The smallest absolute Gasteiger partial charge is 0.410 e. The Hall–Kier alpha value is -2.23. The normalized spacial score (nSPS) is 16.4. The third kappa shape index (κ3) is 5.18. The van der Waals surface area contributed by atoms with Crippen LogP contribution >= 0.6 is 15.9 Å². The Bertz CT molecular complexity index is 802. The minimum atomic E-state index is -2.19. The molecule has 2 heterocycles. The Morgan fingerprint density at radius 3 is 2.39 bits per heavy atom. The predicted octanol–water partition coefficient (Wildman–Crippen LogP) is 2.93. The van der Waals surface area contributed by atoms with E-state index in [1.54, 1.807) is 33.8 Å². The molecule has 1 aliphatic rings. The summed E-state index contributed by atoms with van der Waals surface area (Å²) in [4.78, 5) is 41.7. The van der Waals surface area contributed by atoms with Crippen LogP contribution in [0.4, 0.5) is 14.9 Å². The first-order valence-electron chi connectivity index (χ1n) is 8.77. The lowest BCUT2D eigenvalue weighted by atomic mass is 9.92. The Kier molecular flexibility index (Phi) is 6.32. The van der Waals surface area contributed by atoms with Crippen molar-refractivity contribution in [3.63, 3.8) is 0 Å². The van der Waals surface area contributed by atoms with Gasteiger partial charge in [0.25, 0.3) is 11.8 Å². The van der Waals surface area contributed by atoms with Crippen LogP contribution in [0.2, 0.25) is 0 Å². The van der Waals surface area contributed by atoms with E-state index < -0.39 is 29.2 Å². The van der Waals surface area contributed by atoms with Crippen molar-refractivity contribution in [2.24, 2.45) is 5.73 Å². The fraction of sp³-hybridized carbons (Fsp3) is 0.556. The third-order valence-electron chi connectivity index (χ3n) is 4.27. The number of pyridine rings is 1. The first-order chi connectivity index (χ1) is 12.8. The van der Waals surface area contributed by atoms with E-state index in [0.29, 0.717) is 10.2 Å². The third-order valence-corrected chi connectivity index (χ3v) is 4.68. The molecule has 0 spiro atoms. The second-order valence-electron chi connectivity index (χ2n) is 7.74. The highest BCUT2D eigenvalue weighted by molar-refractivity contribution is 9.10. The molecule has 2 rings (SSSR count). The largest absolute Gasteiger partial charge is 0.444 e. The SMILES string of the molecule is Cc1cc(Br)nc(C(N)=O)c1NC(=O)C1(F)CCN(C(=O)OC(C)(C)C)CC1. The molecule has 0 aromatic carbocycles. The van der Waals surface area contributed by atoms with Gasteiger partial charge in [0.05, 0.1) is 5.69 Å². The molecule has 0 aliphatic carbocycles. The van der Waals surface area contributed by atoms with Crippen molar-refractivity contribution in [2.45, 2.75) is 51.8 Å². The zero-order chi connectivity index (χ0) is 21.3. The molecule has 0 atom stereocenters. The molecule has 1 saturated heterocycles. The van der Waals surface area contributed by atoms with Gasteiger partial charge in [-0.2, -0.15) is 0 Å². The number of aryl methyl sites for hydroxylation is 1. The molecule has 0 saturated carbocycles. The highest BCUT2D eigenvalue weighted by Gasteiger charge is 2.43. The number of nitrogens with zero attached hydrogens (tertiary/aromatic N) is 2. The second kappa shape index (κ2) is 8.02. The Morgan fingerprint density at radius 2 is 1.89 bits per heavy atom. The van der Waals surface area contributed by atoms with Gasteiger partial charge >= 0.3 is 6.09 Å². The number of rotatable bonds is 3. The van der Waals surface area contributed by atoms with Crippen LogP contribution in [-0.4, -0.2) is 52.2 Å². The summed E-state index contributed by atoms with van der Waals surface area (Å²) in [5.74, 6) is -1.74. The van der Waals surface area contributed by atoms with Crippen molar-refractivity contribution in [1.29, 1.82) is 0 Å². The molecule has 10 heteroatoms. The van der Waals surface area contributed by atoms with Gasteiger partial charge in [0.2, 0.25) is 0 Å². The molecule has 8 nitrogen and oxygen atoms in total. The van der Waals surface area contributed by atoms with Crippen molar-refractivity contribution >= 4 is 39.5 Å². The van der Waals surface area contributed by atoms with Crippen LogP contribution < -0.4 is 11.1 Å². The number of carbonyl (C=O) groups excluding carboxylic acids is 3. The van der Waals surface area contributed by atoms with Crippen molar-refractivity contribution in [3.8, 4) is 0 Å². The van der Waals surface area contributed by atoms with Gasteiger partial charge in [-0.05, 0) is 55.3 Å². The molecule has 28 heavy (non-hydrogen) atoms. The lowest BCUT2D eigenvalue weighted by Gasteiger charge is -2.36. The summed E-state index contributed by atoms with van der Waals surface area (Å²) in [5.41, 5.74) is 2.90. The Morgan fingerprint density at radius 1 is 1.32 bits per heavy atom. The van der Waals surface area contributed by atoms with Crippen LogP contribution in [0.1, 0.15) is 49.7 Å². The first kappa shape index (κ1) is 22.1. The lowest BCUT2D eigenvalue weighted by molar-refractivity contribution is -0.130. The van der Waals surface area contributed by atoms with Crippen molar-refractivity contribution < 1.29 is 23.5 Å². The number of anilines is 1. The zero-order valence-electron chi connectivity index (χ0n) is 16.3. The molecule has 0 radical (unpaired) electrons. The van der Waals surface area contributed by atoms with E-state index in [1.165, 1.54) is 4.90 Å². The molecule has 1 aromatic heterocycles. The van der Waals surface area contributed by atoms with Crippen molar-refractivity contribution in [3.05, 3.63) is 21.9 Å². The number of primary amides is 1. The molecule has 1 aliphatic heterocycles. The van der Waals surface area contributed by atoms with Gasteiger partial charge in [-0.25, -0.2) is 14.2 Å². The standard InChI is InChI=1S/C18H24BrFN4O4/c1-10-9-11(19)22-13(14(21)25)12(10)23-15(26)18(20)5-7-24(8-6-18)16(27)28-17(2,3)4/h9H,5-8H2,1-4H3,(H2,21,25)(H,23,26). The molecule has 0 unspecified atom stereocenters. The molecule has 3 amide bonds. The number of ether oxygens (including phenoxy) is 1. The van der Waals surface area contributed by atoms with E-state index in [9.17, 15) is 14.4 Å². The number of amides is 3. The number of nitrogens with two attached hydrogens (primary N) is 1. The number of halogens is 2. The lowest BCUT2D eigenvalue weighted by Crippen LogP contribution is -2.51. The highest BCUT2D eigenvalue weighted by Crippen LogP contribution is 2.31. The van der Waals surface area contributed by atoms with E-state index in [2.05, 4.69) is 26.2 Å². The summed E-state index contributed by atoms with van der Waals surface area (Å²) in [5, 5.41) is 2.45. The van der Waals surface area contributed by atoms with Gasteiger partial charge < -0.3 is 20.7 Å². The Labute approximate surface area is 171 Å². The predicted molar refractivity (Wildman–Crippen MR) is 105 cm³/mol. The fourth-order valence-corrected chi connectivity index (χ4v) is 3.31. The van der Waals surface area contributed by atoms with E-state index in [4.69, 9.17) is 10.5 Å². The number of hydrogen-bond donors (Lipinski definition) is 2. The van der Waals surface area contributed by atoms with Crippen LogP contribution in [0.15, 0.2) is 10.7 Å². The van der Waals surface area contributed by atoms with Gasteiger partial charge in [-0.15, -0.1) is 0 Å². The maximum atomic E-state index is 15.2. The summed E-state index contributed by atoms with van der Waals surface area (Å²) in [7, 11) is 0. The molecule has 0 bridgehead atoms. The number of piperidine rings is 1. The molecular formula is C18H24BrFN4O4. The fourth-order valence-electron chi connectivity index (χ4n) is 2.79. The molecule has 3 N–H and O–H groups in total. The van der Waals surface area contributed by atoms with Crippen LogP contribution in [0.25, 0.3) is 0 Å². The number of nitrogens with one attached hydrogen (secondary N) is 1. The molecule has 154 valence electrons. The summed E-state index contributed by atoms with van der Waals surface area (Å²) in [6, 6.07) is 1.58. The average molecular weight is 459 g/mol. The Balaban J connectivity index is 2.10. The van der Waals surface area contributed by atoms with Gasteiger partial charge in [0.15, 0.2) is 11.4 Å². The molecular weight excluding hydrogens is 435 g/mol. The highest BCUT2D eigenvalue weighted by atomic mass is 79.9. The van der Waals surface area contributed by atoms with Crippen LogP contribution in [-0.2, 0) is 9.53 Å². The summed E-state index contributed by atoms with van der Waals surface area (Å²) >= 11 is 3.15. The first-order valence-corrected chi connectivity index (χ1v) is 9.57. The average Bonchev–Trinajstić information content (AvgIpc) is 2.55. The van der Waals surface area contributed by atoms with Gasteiger partial charge in [0, 0.05) is 25.9 Å². The van der Waals surface area contributed by atoms with Crippen LogP contribution in [0.5, 0.6) is 0 Å². The maximum absolute atomic E-state index is 15.2. The van der Waals surface area contributed by atoms with Gasteiger partial charge in [-0.3, -0.25) is 9.59 Å². The quantitative estimate of drug-likeness (QED) is 0.675. The number of carbonyl (C=O) groups is 3. The minimum Gasteiger partial charge on any atom is -0.444 e. The summed E-state index contributed by atoms with van der Waals surface area (Å²) < 4.78 is 20.9. The van der Waals surface area contributed by atoms with Gasteiger partial charge in [0.1, 0.15) is 10.2 Å². The maximum Gasteiger partial charge on any atom is 0.410 e.